The van der Waals surface area contributed by atoms with Gasteiger partial charge in [-0.2, -0.15) is 0 Å². The summed E-state index contributed by atoms with van der Waals surface area (Å²) in [6.07, 6.45) is 0. The normalized spacial score (nSPS) is 11.0. The zero-order valence-corrected chi connectivity index (χ0v) is 12.8. The summed E-state index contributed by atoms with van der Waals surface area (Å²) in [5.41, 5.74) is 1.33. The molecule has 96 valence electrons. The Hall–Kier alpha value is -1.16. The monoisotopic (exact) mass is 331 g/mol. The van der Waals surface area contributed by atoms with Gasteiger partial charge in [-0.3, -0.25) is 0 Å². The first-order chi connectivity index (χ1) is 9.31. The maximum atomic E-state index is 3.50. The molecule has 3 heteroatoms. The second-order valence-corrected chi connectivity index (χ2v) is 6.46. The van der Waals surface area contributed by atoms with Gasteiger partial charge in [-0.25, -0.2) is 0 Å². The van der Waals surface area contributed by atoms with Gasteiger partial charge in [0.15, 0.2) is 0 Å². The fourth-order valence-electron chi connectivity index (χ4n) is 2.12. The summed E-state index contributed by atoms with van der Waals surface area (Å²) in [4.78, 5) is 1.38. The molecule has 0 bridgehead atoms. The number of benzene rings is 2. The molecule has 0 saturated heterocycles. The first kappa shape index (κ1) is 12.9. The topological polar surface area (TPSA) is 12.0 Å². The lowest BCUT2D eigenvalue weighted by Gasteiger charge is -2.06. The van der Waals surface area contributed by atoms with Crippen molar-refractivity contribution in [2.45, 2.75) is 13.1 Å². The molecule has 0 saturated carbocycles. The van der Waals surface area contributed by atoms with Gasteiger partial charge in [0.2, 0.25) is 0 Å². The molecule has 2 aromatic carbocycles. The van der Waals surface area contributed by atoms with Crippen molar-refractivity contribution >= 4 is 38.0 Å². The van der Waals surface area contributed by atoms with Crippen LogP contribution in [0.1, 0.15) is 10.4 Å². The summed E-state index contributed by atoms with van der Waals surface area (Å²) >= 11 is 5.30. The quantitative estimate of drug-likeness (QED) is 0.712. The molecule has 0 atom stereocenters. The van der Waals surface area contributed by atoms with Gasteiger partial charge in [-0.05, 0) is 46.0 Å². The fraction of sp³-hybridized carbons (Fsp3) is 0.125. The molecule has 0 unspecified atom stereocenters. The maximum Gasteiger partial charge on any atom is 0.0302 e. The Bertz CT molecular complexity index is 676. The lowest BCUT2D eigenvalue weighted by Crippen LogP contribution is -2.11. The highest BCUT2D eigenvalue weighted by molar-refractivity contribution is 9.10. The third kappa shape index (κ3) is 3.24. The molecule has 3 aromatic rings. The van der Waals surface area contributed by atoms with Crippen LogP contribution in [0.5, 0.6) is 0 Å². The van der Waals surface area contributed by atoms with Crippen molar-refractivity contribution in [2.75, 3.05) is 0 Å². The van der Waals surface area contributed by atoms with Crippen LogP contribution in [0.3, 0.4) is 0 Å². The number of fused-ring (bicyclic) bond motifs is 1. The van der Waals surface area contributed by atoms with Crippen LogP contribution in [-0.2, 0) is 13.1 Å². The smallest absolute Gasteiger partial charge is 0.0302 e. The molecule has 1 N–H and O–H groups in total. The van der Waals surface area contributed by atoms with E-state index in [9.17, 15) is 0 Å². The number of rotatable bonds is 4. The van der Waals surface area contributed by atoms with Gasteiger partial charge in [0.05, 0.1) is 0 Å². The van der Waals surface area contributed by atoms with Crippen molar-refractivity contribution < 1.29 is 0 Å². The molecule has 0 aliphatic heterocycles. The van der Waals surface area contributed by atoms with E-state index < -0.39 is 0 Å². The van der Waals surface area contributed by atoms with Crippen LogP contribution in [0.25, 0.3) is 10.8 Å². The van der Waals surface area contributed by atoms with Crippen molar-refractivity contribution in [1.29, 1.82) is 0 Å². The molecule has 0 fully saturated rings. The van der Waals surface area contributed by atoms with E-state index in [0.29, 0.717) is 0 Å². The van der Waals surface area contributed by atoms with E-state index in [0.717, 1.165) is 17.6 Å². The van der Waals surface area contributed by atoms with E-state index in [-0.39, 0.29) is 0 Å². The van der Waals surface area contributed by atoms with Crippen LogP contribution in [0.4, 0.5) is 0 Å². The third-order valence-corrected chi connectivity index (χ3v) is 4.44. The Balaban J connectivity index is 1.69. The van der Waals surface area contributed by atoms with Gasteiger partial charge in [0, 0.05) is 22.4 Å². The van der Waals surface area contributed by atoms with Gasteiger partial charge < -0.3 is 5.32 Å². The second-order valence-electron chi connectivity index (χ2n) is 4.51. The number of hydrogen-bond acceptors (Lipinski definition) is 2. The van der Waals surface area contributed by atoms with Crippen LogP contribution in [0, 0.1) is 0 Å². The number of nitrogens with one attached hydrogen (secondary N) is 1. The Labute approximate surface area is 125 Å². The van der Waals surface area contributed by atoms with E-state index in [1.165, 1.54) is 21.2 Å². The minimum absolute atomic E-state index is 0.907. The van der Waals surface area contributed by atoms with Crippen LogP contribution < -0.4 is 5.32 Å². The van der Waals surface area contributed by atoms with Gasteiger partial charge in [0.25, 0.3) is 0 Å². The third-order valence-electron chi connectivity index (χ3n) is 3.08. The minimum atomic E-state index is 0.907. The summed E-state index contributed by atoms with van der Waals surface area (Å²) in [5.74, 6) is 0. The predicted molar refractivity (Wildman–Crippen MR) is 86.5 cm³/mol. The highest BCUT2D eigenvalue weighted by Crippen LogP contribution is 2.21. The van der Waals surface area contributed by atoms with E-state index >= 15 is 0 Å². The van der Waals surface area contributed by atoms with E-state index in [2.05, 4.69) is 75.2 Å². The summed E-state index contributed by atoms with van der Waals surface area (Å²) < 4.78 is 1.13. The zero-order chi connectivity index (χ0) is 13.1. The van der Waals surface area contributed by atoms with Crippen molar-refractivity contribution in [1.82, 2.24) is 5.32 Å². The molecular formula is C16H14BrNS. The van der Waals surface area contributed by atoms with Crippen LogP contribution >= 0.6 is 27.3 Å². The average Bonchev–Trinajstić information content (AvgIpc) is 2.92. The Morgan fingerprint density at radius 3 is 2.63 bits per heavy atom. The van der Waals surface area contributed by atoms with E-state index in [1.807, 2.05) is 0 Å². The van der Waals surface area contributed by atoms with Crippen molar-refractivity contribution in [3.8, 4) is 0 Å². The van der Waals surface area contributed by atoms with Crippen LogP contribution in [0.2, 0.25) is 0 Å². The maximum absolute atomic E-state index is 3.50. The molecule has 0 radical (unpaired) electrons. The molecule has 0 aliphatic rings. The Morgan fingerprint density at radius 1 is 0.947 bits per heavy atom. The molecule has 1 aromatic heterocycles. The predicted octanol–water partition coefficient (Wildman–Crippen LogP) is 4.95. The standard InChI is InChI=1S/C16H14BrNS/c17-15-6-5-13-8-12(3-4-14(13)9-15)10-18-11-16-2-1-7-19-16/h1-9,18H,10-11H2. The summed E-state index contributed by atoms with van der Waals surface area (Å²) in [5, 5.41) is 8.16. The first-order valence-corrected chi connectivity index (χ1v) is 7.90. The fourth-order valence-corrected chi connectivity index (χ4v) is 3.17. The van der Waals surface area contributed by atoms with Gasteiger partial charge in [0.1, 0.15) is 0 Å². The summed E-state index contributed by atoms with van der Waals surface area (Å²) in [6, 6.07) is 17.3. The molecule has 19 heavy (non-hydrogen) atoms. The average molecular weight is 332 g/mol. The Morgan fingerprint density at radius 2 is 1.79 bits per heavy atom. The van der Waals surface area contributed by atoms with Gasteiger partial charge in [-0.15, -0.1) is 11.3 Å². The SMILES string of the molecule is Brc1ccc2cc(CNCc3cccs3)ccc2c1. The van der Waals surface area contributed by atoms with Crippen molar-refractivity contribution in [2.24, 2.45) is 0 Å². The van der Waals surface area contributed by atoms with Crippen LogP contribution in [-0.4, -0.2) is 0 Å². The minimum Gasteiger partial charge on any atom is -0.308 e. The lowest BCUT2D eigenvalue weighted by atomic mass is 10.1. The first-order valence-electron chi connectivity index (χ1n) is 6.22. The zero-order valence-electron chi connectivity index (χ0n) is 10.4. The number of thiophene rings is 1. The molecular weight excluding hydrogens is 318 g/mol. The highest BCUT2D eigenvalue weighted by Gasteiger charge is 1.98. The second kappa shape index (κ2) is 5.87. The molecule has 0 aliphatic carbocycles. The lowest BCUT2D eigenvalue weighted by molar-refractivity contribution is 0.701. The van der Waals surface area contributed by atoms with Gasteiger partial charge in [-0.1, -0.05) is 40.2 Å². The molecule has 0 amide bonds. The largest absolute Gasteiger partial charge is 0.308 e. The van der Waals surface area contributed by atoms with E-state index in [4.69, 9.17) is 0 Å². The molecule has 0 spiro atoms. The number of halogens is 1. The Kier molecular flexibility index (Phi) is 3.97. The highest BCUT2D eigenvalue weighted by atomic mass is 79.9. The molecule has 3 rings (SSSR count). The molecule has 1 nitrogen and oxygen atoms in total. The van der Waals surface area contributed by atoms with Gasteiger partial charge >= 0.3 is 0 Å². The number of hydrogen-bond donors (Lipinski definition) is 1. The molecule has 1 heterocycles. The van der Waals surface area contributed by atoms with Crippen LogP contribution in [0.15, 0.2) is 58.4 Å². The summed E-state index contributed by atoms with van der Waals surface area (Å²) in [6.45, 7) is 1.85. The summed E-state index contributed by atoms with van der Waals surface area (Å²) in [7, 11) is 0. The van der Waals surface area contributed by atoms with Crippen molar-refractivity contribution in [3.63, 3.8) is 0 Å². The van der Waals surface area contributed by atoms with E-state index in [1.54, 1.807) is 11.3 Å². The van der Waals surface area contributed by atoms with Crippen molar-refractivity contribution in [3.05, 3.63) is 68.8 Å².